The summed E-state index contributed by atoms with van der Waals surface area (Å²) in [6, 6.07) is 14.4. The zero-order valence-electron chi connectivity index (χ0n) is 10.4. The van der Waals surface area contributed by atoms with Crippen LogP contribution in [0.15, 0.2) is 57.7 Å². The topological polar surface area (TPSA) is 50.4 Å². The van der Waals surface area contributed by atoms with Gasteiger partial charge in [0.05, 0.1) is 5.39 Å². The van der Waals surface area contributed by atoms with Crippen molar-refractivity contribution in [3.8, 4) is 16.9 Å². The van der Waals surface area contributed by atoms with Crippen molar-refractivity contribution >= 4 is 11.0 Å². The molecule has 3 heteroatoms. The van der Waals surface area contributed by atoms with Crippen LogP contribution in [0.25, 0.3) is 22.1 Å². The zero-order valence-corrected chi connectivity index (χ0v) is 10.4. The Morgan fingerprint density at radius 1 is 1.05 bits per heavy atom. The molecule has 1 heterocycles. The van der Waals surface area contributed by atoms with Gasteiger partial charge in [-0.05, 0) is 30.2 Å². The molecule has 19 heavy (non-hydrogen) atoms. The molecule has 0 saturated heterocycles. The first kappa shape index (κ1) is 11.5. The summed E-state index contributed by atoms with van der Waals surface area (Å²) in [4.78, 5) is 12.0. The average molecular weight is 252 g/mol. The number of benzene rings is 2. The van der Waals surface area contributed by atoms with Crippen LogP contribution >= 0.6 is 0 Å². The number of hydrogen-bond donors (Lipinski definition) is 1. The van der Waals surface area contributed by atoms with Crippen LogP contribution in [0.3, 0.4) is 0 Å². The second-order valence-electron chi connectivity index (χ2n) is 4.48. The SMILES string of the molecule is Cc1ccc2c(O)c(-c3ccccc3)c(=O)oc2c1. The van der Waals surface area contributed by atoms with Crippen LogP contribution in [0.5, 0.6) is 5.75 Å². The molecule has 1 aromatic heterocycles. The van der Waals surface area contributed by atoms with Crippen molar-refractivity contribution in [2.75, 3.05) is 0 Å². The minimum Gasteiger partial charge on any atom is -0.506 e. The molecule has 0 fully saturated rings. The largest absolute Gasteiger partial charge is 0.506 e. The molecule has 3 rings (SSSR count). The van der Waals surface area contributed by atoms with Crippen molar-refractivity contribution in [1.29, 1.82) is 0 Å². The van der Waals surface area contributed by atoms with Crippen LogP contribution in [0.4, 0.5) is 0 Å². The van der Waals surface area contributed by atoms with E-state index in [0.717, 1.165) is 5.56 Å². The van der Waals surface area contributed by atoms with Crippen LogP contribution in [-0.4, -0.2) is 5.11 Å². The maximum atomic E-state index is 12.0. The third kappa shape index (κ3) is 1.89. The summed E-state index contributed by atoms with van der Waals surface area (Å²) < 4.78 is 5.29. The van der Waals surface area contributed by atoms with Gasteiger partial charge in [-0.2, -0.15) is 0 Å². The Hall–Kier alpha value is -2.55. The van der Waals surface area contributed by atoms with Gasteiger partial charge in [-0.3, -0.25) is 0 Å². The normalized spacial score (nSPS) is 10.8. The maximum absolute atomic E-state index is 12.0. The highest BCUT2D eigenvalue weighted by atomic mass is 16.4. The highest BCUT2D eigenvalue weighted by Crippen LogP contribution is 2.32. The number of fused-ring (bicyclic) bond motifs is 1. The van der Waals surface area contributed by atoms with Crippen LogP contribution in [0.1, 0.15) is 5.56 Å². The van der Waals surface area contributed by atoms with Crippen molar-refractivity contribution in [3.63, 3.8) is 0 Å². The molecule has 3 nitrogen and oxygen atoms in total. The molecule has 0 amide bonds. The Morgan fingerprint density at radius 2 is 1.79 bits per heavy atom. The molecule has 0 aliphatic carbocycles. The molecule has 2 aromatic carbocycles. The highest BCUT2D eigenvalue weighted by molar-refractivity contribution is 5.90. The molecule has 0 aliphatic rings. The van der Waals surface area contributed by atoms with E-state index in [4.69, 9.17) is 4.42 Å². The molecule has 0 unspecified atom stereocenters. The summed E-state index contributed by atoms with van der Waals surface area (Å²) in [6.45, 7) is 1.90. The standard InChI is InChI=1S/C16H12O3/c1-10-7-8-12-13(9-10)19-16(18)14(15(12)17)11-5-3-2-4-6-11/h2-9,17H,1H3. The van der Waals surface area contributed by atoms with Crippen molar-refractivity contribution in [2.45, 2.75) is 6.92 Å². The molecule has 0 spiro atoms. The predicted octanol–water partition coefficient (Wildman–Crippen LogP) is 3.47. The molecule has 0 aliphatic heterocycles. The second-order valence-corrected chi connectivity index (χ2v) is 4.48. The fourth-order valence-corrected chi connectivity index (χ4v) is 2.15. The van der Waals surface area contributed by atoms with Gasteiger partial charge in [0.2, 0.25) is 0 Å². The molecule has 94 valence electrons. The van der Waals surface area contributed by atoms with Crippen molar-refractivity contribution < 1.29 is 9.52 Å². The Kier molecular flexibility index (Phi) is 2.60. The Bertz CT molecular complexity index is 801. The molecule has 0 atom stereocenters. The molecule has 0 radical (unpaired) electrons. The number of aryl methyl sites for hydroxylation is 1. The summed E-state index contributed by atoms with van der Waals surface area (Å²) in [5.41, 5.74) is 1.71. The lowest BCUT2D eigenvalue weighted by Crippen LogP contribution is -2.03. The van der Waals surface area contributed by atoms with Gasteiger partial charge in [-0.25, -0.2) is 4.79 Å². The molecular weight excluding hydrogens is 240 g/mol. The van der Waals surface area contributed by atoms with E-state index in [1.807, 2.05) is 31.2 Å². The summed E-state index contributed by atoms with van der Waals surface area (Å²) in [5.74, 6) is -0.0301. The summed E-state index contributed by atoms with van der Waals surface area (Å²) in [5, 5.41) is 10.9. The van der Waals surface area contributed by atoms with Gasteiger partial charge >= 0.3 is 5.63 Å². The Morgan fingerprint density at radius 3 is 2.53 bits per heavy atom. The summed E-state index contributed by atoms with van der Waals surface area (Å²) in [7, 11) is 0. The van der Waals surface area contributed by atoms with Gasteiger partial charge in [-0.1, -0.05) is 36.4 Å². The van der Waals surface area contributed by atoms with E-state index in [1.165, 1.54) is 0 Å². The van der Waals surface area contributed by atoms with E-state index in [-0.39, 0.29) is 11.3 Å². The lowest BCUT2D eigenvalue weighted by Gasteiger charge is -2.06. The molecule has 0 bridgehead atoms. The van der Waals surface area contributed by atoms with Gasteiger partial charge in [0.25, 0.3) is 0 Å². The van der Waals surface area contributed by atoms with E-state index < -0.39 is 5.63 Å². The Labute approximate surface area is 109 Å². The summed E-state index contributed by atoms with van der Waals surface area (Å²) in [6.07, 6.45) is 0. The third-order valence-electron chi connectivity index (χ3n) is 3.10. The van der Waals surface area contributed by atoms with Gasteiger partial charge in [-0.15, -0.1) is 0 Å². The minimum atomic E-state index is -0.526. The fourth-order valence-electron chi connectivity index (χ4n) is 2.15. The third-order valence-corrected chi connectivity index (χ3v) is 3.10. The summed E-state index contributed by atoms with van der Waals surface area (Å²) >= 11 is 0. The van der Waals surface area contributed by atoms with Crippen molar-refractivity contribution in [3.05, 3.63) is 64.5 Å². The number of hydrogen-bond acceptors (Lipinski definition) is 3. The fraction of sp³-hybridized carbons (Fsp3) is 0.0625. The van der Waals surface area contributed by atoms with E-state index >= 15 is 0 Å². The van der Waals surface area contributed by atoms with Gasteiger partial charge in [0, 0.05) is 0 Å². The maximum Gasteiger partial charge on any atom is 0.347 e. The van der Waals surface area contributed by atoms with E-state index in [1.54, 1.807) is 24.3 Å². The van der Waals surface area contributed by atoms with Crippen molar-refractivity contribution in [1.82, 2.24) is 0 Å². The molecular formula is C16H12O3. The second kappa shape index (κ2) is 4.28. The van der Waals surface area contributed by atoms with Crippen LogP contribution in [0.2, 0.25) is 0 Å². The average Bonchev–Trinajstić information content (AvgIpc) is 2.39. The van der Waals surface area contributed by atoms with Gasteiger partial charge in [0.1, 0.15) is 16.9 Å². The van der Waals surface area contributed by atoms with E-state index in [0.29, 0.717) is 16.5 Å². The van der Waals surface area contributed by atoms with E-state index in [2.05, 4.69) is 0 Å². The number of rotatable bonds is 1. The quantitative estimate of drug-likeness (QED) is 0.674. The molecule has 1 N–H and O–H groups in total. The molecule has 3 aromatic rings. The lowest BCUT2D eigenvalue weighted by molar-refractivity contribution is 0.471. The smallest absolute Gasteiger partial charge is 0.347 e. The van der Waals surface area contributed by atoms with Gasteiger partial charge in [0.15, 0.2) is 0 Å². The van der Waals surface area contributed by atoms with Gasteiger partial charge < -0.3 is 9.52 Å². The Balaban J connectivity index is 2.39. The first-order chi connectivity index (χ1) is 9.16. The van der Waals surface area contributed by atoms with Crippen molar-refractivity contribution in [2.24, 2.45) is 0 Å². The molecule has 0 saturated carbocycles. The lowest BCUT2D eigenvalue weighted by atomic mass is 10.0. The zero-order chi connectivity index (χ0) is 13.4. The van der Waals surface area contributed by atoms with Crippen LogP contribution in [0, 0.1) is 6.92 Å². The predicted molar refractivity (Wildman–Crippen MR) is 74.3 cm³/mol. The van der Waals surface area contributed by atoms with Crippen LogP contribution < -0.4 is 5.63 Å². The first-order valence-corrected chi connectivity index (χ1v) is 5.98. The van der Waals surface area contributed by atoms with E-state index in [9.17, 15) is 9.90 Å². The number of aromatic hydroxyl groups is 1. The highest BCUT2D eigenvalue weighted by Gasteiger charge is 2.15. The first-order valence-electron chi connectivity index (χ1n) is 5.98. The van der Waals surface area contributed by atoms with Crippen LogP contribution in [-0.2, 0) is 0 Å². The minimum absolute atomic E-state index is 0.0301. The monoisotopic (exact) mass is 252 g/mol.